The highest BCUT2D eigenvalue weighted by Gasteiger charge is 2.24. The van der Waals surface area contributed by atoms with Crippen LogP contribution in [0.15, 0.2) is 36.4 Å². The predicted molar refractivity (Wildman–Crippen MR) is 134 cm³/mol. The Kier molecular flexibility index (Phi) is 7.78. The molecule has 0 radical (unpaired) electrons. The summed E-state index contributed by atoms with van der Waals surface area (Å²) in [5.41, 5.74) is 1.98. The number of hydrogen-bond acceptors (Lipinski definition) is 8. The molecule has 2 fully saturated rings. The SMILES string of the molecule is O=C(NC(=S)Nc1cc(Cl)ccc1N1CCOCC1)c1ccc(N2CCOCC2)c([N+](=O)[O-])c1. The number of hydrogen-bond donors (Lipinski definition) is 2. The summed E-state index contributed by atoms with van der Waals surface area (Å²) in [6.45, 7) is 4.75. The number of thiocarbonyl (C=S) groups is 1. The fourth-order valence-electron chi connectivity index (χ4n) is 3.90. The molecule has 0 aliphatic carbocycles. The fourth-order valence-corrected chi connectivity index (χ4v) is 4.27. The molecule has 2 N–H and O–H groups in total. The van der Waals surface area contributed by atoms with Crippen molar-refractivity contribution in [1.82, 2.24) is 5.32 Å². The van der Waals surface area contributed by atoms with Crippen molar-refractivity contribution in [2.45, 2.75) is 0 Å². The van der Waals surface area contributed by atoms with Crippen molar-refractivity contribution in [2.75, 3.05) is 67.7 Å². The van der Waals surface area contributed by atoms with Gasteiger partial charge in [-0.25, -0.2) is 0 Å². The molecule has 2 aliphatic heterocycles. The zero-order valence-electron chi connectivity index (χ0n) is 18.3. The Morgan fingerprint density at radius 2 is 1.56 bits per heavy atom. The van der Waals surface area contributed by atoms with E-state index in [-0.39, 0.29) is 16.4 Å². The molecule has 2 saturated heterocycles. The minimum absolute atomic E-state index is 0.0571. The van der Waals surface area contributed by atoms with Gasteiger partial charge >= 0.3 is 0 Å². The summed E-state index contributed by atoms with van der Waals surface area (Å²) in [4.78, 5) is 28.0. The third kappa shape index (κ3) is 5.73. The van der Waals surface area contributed by atoms with Crippen molar-refractivity contribution >= 4 is 57.6 Å². The molecule has 4 rings (SSSR count). The van der Waals surface area contributed by atoms with Crippen LogP contribution in [-0.2, 0) is 9.47 Å². The monoisotopic (exact) mass is 505 g/mol. The van der Waals surface area contributed by atoms with Gasteiger partial charge < -0.3 is 24.6 Å². The Morgan fingerprint density at radius 3 is 2.18 bits per heavy atom. The van der Waals surface area contributed by atoms with E-state index in [4.69, 9.17) is 33.3 Å². The Balaban J connectivity index is 1.48. The molecule has 0 atom stereocenters. The Hall–Kier alpha value is -2.99. The van der Waals surface area contributed by atoms with Gasteiger partial charge in [-0.15, -0.1) is 0 Å². The topological polar surface area (TPSA) is 109 Å². The van der Waals surface area contributed by atoms with E-state index in [1.807, 2.05) is 11.0 Å². The first kappa shape index (κ1) is 24.1. The first-order chi connectivity index (χ1) is 16.4. The summed E-state index contributed by atoms with van der Waals surface area (Å²) < 4.78 is 10.7. The number of ether oxygens (including phenoxy) is 2. The number of amides is 1. The number of carbonyl (C=O) groups excluding carboxylic acids is 1. The molecule has 0 unspecified atom stereocenters. The number of rotatable bonds is 5. The number of nitro groups is 1. The van der Waals surface area contributed by atoms with Crippen LogP contribution in [0.4, 0.5) is 22.7 Å². The average molecular weight is 506 g/mol. The van der Waals surface area contributed by atoms with Gasteiger partial charge in [-0.1, -0.05) is 11.6 Å². The highest BCUT2D eigenvalue weighted by atomic mass is 35.5. The minimum atomic E-state index is -0.552. The van der Waals surface area contributed by atoms with Crippen LogP contribution in [0.25, 0.3) is 0 Å². The number of halogens is 1. The van der Waals surface area contributed by atoms with Crippen molar-refractivity contribution < 1.29 is 19.2 Å². The number of nitrogens with zero attached hydrogens (tertiary/aromatic N) is 3. The molecule has 2 heterocycles. The van der Waals surface area contributed by atoms with E-state index in [1.54, 1.807) is 24.3 Å². The van der Waals surface area contributed by atoms with E-state index in [1.165, 1.54) is 6.07 Å². The molecular weight excluding hydrogens is 482 g/mol. The Morgan fingerprint density at radius 1 is 0.971 bits per heavy atom. The van der Waals surface area contributed by atoms with Gasteiger partial charge in [0, 0.05) is 42.8 Å². The number of anilines is 3. The molecule has 2 aromatic rings. The maximum absolute atomic E-state index is 12.8. The second kappa shape index (κ2) is 11.0. The summed E-state index contributed by atoms with van der Waals surface area (Å²) in [5, 5.41) is 17.9. The lowest BCUT2D eigenvalue weighted by Crippen LogP contribution is -2.38. The second-order valence-electron chi connectivity index (χ2n) is 7.73. The maximum Gasteiger partial charge on any atom is 0.293 e. The largest absolute Gasteiger partial charge is 0.378 e. The minimum Gasteiger partial charge on any atom is -0.378 e. The van der Waals surface area contributed by atoms with Crippen LogP contribution in [0.3, 0.4) is 0 Å². The van der Waals surface area contributed by atoms with Crippen molar-refractivity contribution in [3.8, 4) is 0 Å². The lowest BCUT2D eigenvalue weighted by atomic mass is 10.1. The van der Waals surface area contributed by atoms with Crippen molar-refractivity contribution in [1.29, 1.82) is 0 Å². The quantitative estimate of drug-likeness (QED) is 0.360. The number of nitro benzene ring substituents is 1. The number of benzene rings is 2. The number of carbonyl (C=O) groups is 1. The van der Waals surface area contributed by atoms with Gasteiger partial charge in [0.25, 0.3) is 11.6 Å². The molecule has 1 amide bonds. The van der Waals surface area contributed by atoms with Crippen LogP contribution in [-0.4, -0.2) is 68.5 Å². The van der Waals surface area contributed by atoms with E-state index in [9.17, 15) is 14.9 Å². The molecular formula is C22H24ClN5O5S. The zero-order chi connectivity index (χ0) is 24.1. The lowest BCUT2D eigenvalue weighted by Gasteiger charge is -2.30. The summed E-state index contributed by atoms with van der Waals surface area (Å²) in [6, 6.07) is 9.80. The van der Waals surface area contributed by atoms with Gasteiger partial charge in [-0.2, -0.15) is 0 Å². The maximum atomic E-state index is 12.8. The number of morpholine rings is 2. The van der Waals surface area contributed by atoms with E-state index in [0.717, 1.165) is 5.69 Å². The lowest BCUT2D eigenvalue weighted by molar-refractivity contribution is -0.384. The highest BCUT2D eigenvalue weighted by Crippen LogP contribution is 2.31. The Labute approximate surface area is 206 Å². The van der Waals surface area contributed by atoms with E-state index in [0.29, 0.717) is 69.0 Å². The molecule has 34 heavy (non-hydrogen) atoms. The van der Waals surface area contributed by atoms with Crippen LogP contribution in [0.1, 0.15) is 10.4 Å². The van der Waals surface area contributed by atoms with Crippen LogP contribution in [0, 0.1) is 10.1 Å². The number of nitrogens with one attached hydrogen (secondary N) is 2. The third-order valence-electron chi connectivity index (χ3n) is 5.57. The summed E-state index contributed by atoms with van der Waals surface area (Å²) in [5.74, 6) is -0.552. The molecule has 12 heteroatoms. The van der Waals surface area contributed by atoms with Gasteiger partial charge in [0.2, 0.25) is 0 Å². The van der Waals surface area contributed by atoms with Crippen LogP contribution >= 0.6 is 23.8 Å². The van der Waals surface area contributed by atoms with Gasteiger partial charge in [0.15, 0.2) is 5.11 Å². The molecule has 0 bridgehead atoms. The predicted octanol–water partition coefficient (Wildman–Crippen LogP) is 3.05. The molecule has 0 saturated carbocycles. The van der Waals surface area contributed by atoms with Gasteiger partial charge in [-0.05, 0) is 42.5 Å². The molecule has 2 aliphatic rings. The molecule has 0 aromatic heterocycles. The van der Waals surface area contributed by atoms with E-state index >= 15 is 0 Å². The highest BCUT2D eigenvalue weighted by molar-refractivity contribution is 7.80. The van der Waals surface area contributed by atoms with Crippen molar-refractivity contribution in [3.63, 3.8) is 0 Å². The third-order valence-corrected chi connectivity index (χ3v) is 6.01. The second-order valence-corrected chi connectivity index (χ2v) is 8.57. The van der Waals surface area contributed by atoms with Crippen LogP contribution < -0.4 is 20.4 Å². The molecule has 2 aromatic carbocycles. The van der Waals surface area contributed by atoms with E-state index < -0.39 is 10.8 Å². The standard InChI is InChI=1S/C22H24ClN5O5S/c23-16-2-4-18(26-5-9-32-10-6-26)17(14-16)24-22(34)25-21(29)15-1-3-19(20(13-15)28(30)31)27-7-11-33-12-8-27/h1-4,13-14H,5-12H2,(H2,24,25,29,34). The zero-order valence-corrected chi connectivity index (χ0v) is 19.9. The summed E-state index contributed by atoms with van der Waals surface area (Å²) in [6.07, 6.45) is 0. The van der Waals surface area contributed by atoms with Crippen LogP contribution in [0.2, 0.25) is 5.02 Å². The first-order valence-corrected chi connectivity index (χ1v) is 11.6. The average Bonchev–Trinajstić information content (AvgIpc) is 2.84. The van der Waals surface area contributed by atoms with Crippen molar-refractivity contribution in [2.24, 2.45) is 0 Å². The van der Waals surface area contributed by atoms with Crippen LogP contribution in [0.5, 0.6) is 0 Å². The van der Waals surface area contributed by atoms with Crippen molar-refractivity contribution in [3.05, 3.63) is 57.1 Å². The fraction of sp³-hybridized carbons (Fsp3) is 0.364. The molecule has 180 valence electrons. The van der Waals surface area contributed by atoms with Gasteiger partial charge in [-0.3, -0.25) is 20.2 Å². The van der Waals surface area contributed by atoms with Gasteiger partial charge in [0.1, 0.15) is 5.69 Å². The first-order valence-electron chi connectivity index (χ1n) is 10.8. The molecule has 0 spiro atoms. The van der Waals surface area contributed by atoms with Gasteiger partial charge in [0.05, 0.1) is 42.7 Å². The Bertz CT molecular complexity index is 1090. The smallest absolute Gasteiger partial charge is 0.293 e. The normalized spacial score (nSPS) is 16.1. The summed E-state index contributed by atoms with van der Waals surface area (Å²) in [7, 11) is 0. The molecule has 10 nitrogen and oxygen atoms in total. The summed E-state index contributed by atoms with van der Waals surface area (Å²) >= 11 is 11.5. The van der Waals surface area contributed by atoms with E-state index in [2.05, 4.69) is 15.5 Å².